The molecule has 5 heteroatoms. The third-order valence-electron chi connectivity index (χ3n) is 1.96. The van der Waals surface area contributed by atoms with Gasteiger partial charge in [0.2, 0.25) is 5.95 Å². The molecule has 0 radical (unpaired) electrons. The first-order chi connectivity index (χ1) is 7.38. The van der Waals surface area contributed by atoms with E-state index in [9.17, 15) is 0 Å². The van der Waals surface area contributed by atoms with Gasteiger partial charge in [-0.3, -0.25) is 0 Å². The highest BCUT2D eigenvalue weighted by Gasteiger charge is 1.99. The van der Waals surface area contributed by atoms with E-state index in [0.717, 1.165) is 19.0 Å². The Kier molecular flexibility index (Phi) is 5.80. The quantitative estimate of drug-likeness (QED) is 0.654. The molecule has 0 saturated heterocycles. The van der Waals surface area contributed by atoms with E-state index in [1.807, 2.05) is 17.7 Å². The Morgan fingerprint density at radius 3 is 3.00 bits per heavy atom. The van der Waals surface area contributed by atoms with Crippen molar-refractivity contribution in [3.63, 3.8) is 0 Å². The minimum atomic E-state index is 0.641. The van der Waals surface area contributed by atoms with Crippen LogP contribution in [0.2, 0.25) is 0 Å². The zero-order valence-electron chi connectivity index (χ0n) is 9.40. The Bertz CT molecular complexity index is 263. The van der Waals surface area contributed by atoms with Crippen molar-refractivity contribution in [3.8, 4) is 0 Å². The molecule has 0 aromatic carbocycles. The highest BCUT2D eigenvalue weighted by molar-refractivity contribution is 5.25. The molecule has 0 saturated carbocycles. The molecule has 0 unspecified atom stereocenters. The second-order valence-electron chi connectivity index (χ2n) is 3.08. The van der Waals surface area contributed by atoms with Crippen molar-refractivity contribution in [2.24, 2.45) is 0 Å². The Labute approximate surface area is 90.4 Å². The summed E-state index contributed by atoms with van der Waals surface area (Å²) in [6.07, 6.45) is 3.73. The highest BCUT2D eigenvalue weighted by atomic mass is 16.5. The number of ether oxygens (including phenoxy) is 2. The maximum Gasteiger partial charge on any atom is 0.202 e. The van der Waals surface area contributed by atoms with Crippen LogP contribution in [0.4, 0.5) is 5.95 Å². The Balaban J connectivity index is 2.21. The smallest absolute Gasteiger partial charge is 0.202 e. The summed E-state index contributed by atoms with van der Waals surface area (Å²) < 4.78 is 12.3. The lowest BCUT2D eigenvalue weighted by Crippen LogP contribution is -2.12. The van der Waals surface area contributed by atoms with E-state index in [4.69, 9.17) is 9.47 Å². The normalized spacial score (nSPS) is 10.5. The number of aromatic nitrogens is 2. The molecule has 0 amide bonds. The van der Waals surface area contributed by atoms with E-state index in [1.54, 1.807) is 13.3 Å². The zero-order valence-corrected chi connectivity index (χ0v) is 9.40. The number of methoxy groups -OCH3 is 1. The van der Waals surface area contributed by atoms with Gasteiger partial charge in [-0.15, -0.1) is 0 Å². The van der Waals surface area contributed by atoms with Crippen molar-refractivity contribution in [1.82, 2.24) is 9.55 Å². The molecule has 86 valence electrons. The van der Waals surface area contributed by atoms with E-state index >= 15 is 0 Å². The van der Waals surface area contributed by atoms with E-state index in [0.29, 0.717) is 19.8 Å². The van der Waals surface area contributed by atoms with Gasteiger partial charge in [0.05, 0.1) is 19.8 Å². The number of rotatable bonds is 8. The SMILES string of the molecule is CCNc1nccn1CCOCCOC. The molecule has 1 heterocycles. The van der Waals surface area contributed by atoms with Gasteiger partial charge >= 0.3 is 0 Å². The largest absolute Gasteiger partial charge is 0.382 e. The van der Waals surface area contributed by atoms with E-state index in [2.05, 4.69) is 10.3 Å². The lowest BCUT2D eigenvalue weighted by atomic mass is 10.6. The van der Waals surface area contributed by atoms with Crippen LogP contribution in [0.25, 0.3) is 0 Å². The summed E-state index contributed by atoms with van der Waals surface area (Å²) in [6.45, 7) is 5.70. The second kappa shape index (κ2) is 7.25. The molecule has 0 aliphatic carbocycles. The molecule has 1 aromatic heterocycles. The van der Waals surface area contributed by atoms with Crippen molar-refractivity contribution in [2.75, 3.05) is 38.8 Å². The highest BCUT2D eigenvalue weighted by Crippen LogP contribution is 2.03. The summed E-state index contributed by atoms with van der Waals surface area (Å²) in [5, 5.41) is 3.18. The first kappa shape index (κ1) is 12.0. The number of nitrogens with zero attached hydrogens (tertiary/aromatic N) is 2. The van der Waals surface area contributed by atoms with Gasteiger partial charge in [0.25, 0.3) is 0 Å². The summed E-state index contributed by atoms with van der Waals surface area (Å²) in [5.41, 5.74) is 0. The standard InChI is InChI=1S/C10H19N3O2/c1-3-11-10-12-4-5-13(10)6-7-15-9-8-14-2/h4-5H,3,6-9H2,1-2H3,(H,11,12). The molecular weight excluding hydrogens is 194 g/mol. The van der Waals surface area contributed by atoms with Gasteiger partial charge in [-0.1, -0.05) is 0 Å². The number of imidazole rings is 1. The fourth-order valence-electron chi connectivity index (χ4n) is 1.22. The van der Waals surface area contributed by atoms with E-state index < -0.39 is 0 Å². The van der Waals surface area contributed by atoms with Gasteiger partial charge in [0.1, 0.15) is 0 Å². The molecular formula is C10H19N3O2. The minimum absolute atomic E-state index is 0.641. The number of hydrogen-bond acceptors (Lipinski definition) is 4. The molecule has 0 aliphatic rings. The van der Waals surface area contributed by atoms with Crippen molar-refractivity contribution >= 4 is 5.95 Å². The molecule has 0 aliphatic heterocycles. The first-order valence-electron chi connectivity index (χ1n) is 5.20. The Morgan fingerprint density at radius 1 is 1.40 bits per heavy atom. The summed E-state index contributed by atoms with van der Waals surface area (Å²) in [6, 6.07) is 0. The molecule has 0 atom stereocenters. The third kappa shape index (κ3) is 4.31. The Morgan fingerprint density at radius 2 is 2.27 bits per heavy atom. The van der Waals surface area contributed by atoms with Crippen molar-refractivity contribution in [3.05, 3.63) is 12.4 Å². The van der Waals surface area contributed by atoms with E-state index in [-0.39, 0.29) is 0 Å². The third-order valence-corrected chi connectivity index (χ3v) is 1.96. The number of hydrogen-bond donors (Lipinski definition) is 1. The maximum absolute atomic E-state index is 5.38. The minimum Gasteiger partial charge on any atom is -0.382 e. The van der Waals surface area contributed by atoms with Crippen molar-refractivity contribution < 1.29 is 9.47 Å². The lowest BCUT2D eigenvalue weighted by molar-refractivity contribution is 0.0668. The van der Waals surface area contributed by atoms with Crippen LogP contribution in [-0.2, 0) is 16.0 Å². The van der Waals surface area contributed by atoms with Crippen molar-refractivity contribution in [1.29, 1.82) is 0 Å². The summed E-state index contributed by atoms with van der Waals surface area (Å²) in [5.74, 6) is 0.896. The van der Waals surface area contributed by atoms with Crippen LogP contribution in [0.3, 0.4) is 0 Å². The van der Waals surface area contributed by atoms with Crippen LogP contribution >= 0.6 is 0 Å². The average molecular weight is 213 g/mol. The van der Waals surface area contributed by atoms with Gasteiger partial charge in [-0.2, -0.15) is 0 Å². The molecule has 15 heavy (non-hydrogen) atoms. The predicted octanol–water partition coefficient (Wildman–Crippen LogP) is 0.978. The number of anilines is 1. The molecule has 0 spiro atoms. The summed E-state index contributed by atoms with van der Waals surface area (Å²) in [7, 11) is 1.67. The van der Waals surface area contributed by atoms with Gasteiger partial charge in [0.15, 0.2) is 0 Å². The topological polar surface area (TPSA) is 48.3 Å². The van der Waals surface area contributed by atoms with Crippen LogP contribution in [-0.4, -0.2) is 43.0 Å². The molecule has 0 bridgehead atoms. The molecule has 5 nitrogen and oxygen atoms in total. The van der Waals surface area contributed by atoms with Gasteiger partial charge < -0.3 is 19.4 Å². The van der Waals surface area contributed by atoms with Crippen LogP contribution < -0.4 is 5.32 Å². The summed E-state index contributed by atoms with van der Waals surface area (Å²) >= 11 is 0. The predicted molar refractivity (Wildman–Crippen MR) is 59.1 cm³/mol. The van der Waals surface area contributed by atoms with Gasteiger partial charge in [-0.05, 0) is 6.92 Å². The Hall–Kier alpha value is -1.07. The fourth-order valence-corrected chi connectivity index (χ4v) is 1.22. The lowest BCUT2D eigenvalue weighted by Gasteiger charge is -2.08. The van der Waals surface area contributed by atoms with Crippen LogP contribution in [0.5, 0.6) is 0 Å². The number of nitrogens with one attached hydrogen (secondary N) is 1. The van der Waals surface area contributed by atoms with Crippen LogP contribution in [0, 0.1) is 0 Å². The first-order valence-corrected chi connectivity index (χ1v) is 5.20. The van der Waals surface area contributed by atoms with E-state index in [1.165, 1.54) is 0 Å². The van der Waals surface area contributed by atoms with Gasteiger partial charge in [0, 0.05) is 32.6 Å². The monoisotopic (exact) mass is 213 g/mol. The zero-order chi connectivity index (χ0) is 10.9. The molecule has 1 rings (SSSR count). The van der Waals surface area contributed by atoms with Crippen LogP contribution in [0.15, 0.2) is 12.4 Å². The van der Waals surface area contributed by atoms with Crippen LogP contribution in [0.1, 0.15) is 6.92 Å². The van der Waals surface area contributed by atoms with Gasteiger partial charge in [-0.25, -0.2) is 4.98 Å². The van der Waals surface area contributed by atoms with Crippen molar-refractivity contribution in [2.45, 2.75) is 13.5 Å². The summed E-state index contributed by atoms with van der Waals surface area (Å²) in [4.78, 5) is 4.19. The average Bonchev–Trinajstić information content (AvgIpc) is 2.66. The second-order valence-corrected chi connectivity index (χ2v) is 3.08. The fraction of sp³-hybridized carbons (Fsp3) is 0.700. The molecule has 0 fully saturated rings. The molecule has 1 N–H and O–H groups in total. The maximum atomic E-state index is 5.38. The molecule has 1 aromatic rings.